The van der Waals surface area contributed by atoms with E-state index in [4.69, 9.17) is 10.5 Å². The Morgan fingerprint density at radius 3 is 2.78 bits per heavy atom. The lowest BCUT2D eigenvalue weighted by Gasteiger charge is -2.23. The van der Waals surface area contributed by atoms with E-state index in [9.17, 15) is 4.79 Å². The van der Waals surface area contributed by atoms with Crippen molar-refractivity contribution in [3.63, 3.8) is 0 Å². The molecule has 4 heteroatoms. The number of amides is 1. The first-order chi connectivity index (χ1) is 11.2. The molecule has 1 aliphatic rings. The number of hydrogen-bond donors (Lipinski definition) is 2. The van der Waals surface area contributed by atoms with Crippen LogP contribution in [0.15, 0.2) is 24.3 Å². The van der Waals surface area contributed by atoms with E-state index in [1.54, 1.807) is 0 Å². The molecule has 0 aliphatic heterocycles. The van der Waals surface area contributed by atoms with Crippen molar-refractivity contribution in [2.24, 2.45) is 5.92 Å². The number of para-hydroxylation sites is 1. The van der Waals surface area contributed by atoms with Crippen LogP contribution in [0.1, 0.15) is 51.0 Å². The minimum Gasteiger partial charge on any atom is -0.399 e. The van der Waals surface area contributed by atoms with Gasteiger partial charge in [-0.05, 0) is 50.2 Å². The normalized spacial score (nSPS) is 16.4. The van der Waals surface area contributed by atoms with Gasteiger partial charge in [-0.1, -0.05) is 31.0 Å². The minimum absolute atomic E-state index is 0.0925. The summed E-state index contributed by atoms with van der Waals surface area (Å²) in [6, 6.07) is 7.73. The molecule has 0 aromatic heterocycles. The molecule has 1 fully saturated rings. The zero-order chi connectivity index (χ0) is 16.5. The smallest absolute Gasteiger partial charge is 0.220 e. The number of rotatable bonds is 9. The maximum atomic E-state index is 12.0. The van der Waals surface area contributed by atoms with Gasteiger partial charge in [-0.25, -0.2) is 0 Å². The molecule has 128 valence electrons. The van der Waals surface area contributed by atoms with E-state index in [1.165, 1.54) is 25.7 Å². The van der Waals surface area contributed by atoms with Crippen LogP contribution in [0, 0.1) is 5.92 Å². The van der Waals surface area contributed by atoms with Gasteiger partial charge in [-0.2, -0.15) is 0 Å². The highest BCUT2D eigenvalue weighted by molar-refractivity contribution is 5.76. The van der Waals surface area contributed by atoms with Gasteiger partial charge in [-0.3, -0.25) is 4.79 Å². The number of benzene rings is 1. The summed E-state index contributed by atoms with van der Waals surface area (Å²) in [5.41, 5.74) is 7.71. The Labute approximate surface area is 139 Å². The molecule has 0 spiro atoms. The molecule has 1 unspecified atom stereocenters. The van der Waals surface area contributed by atoms with Gasteiger partial charge >= 0.3 is 0 Å². The molecule has 1 aliphatic carbocycles. The number of ether oxygens (including phenoxy) is 1. The molecule has 1 aromatic carbocycles. The zero-order valence-corrected chi connectivity index (χ0v) is 14.2. The van der Waals surface area contributed by atoms with Crippen LogP contribution < -0.4 is 11.1 Å². The number of anilines is 1. The summed E-state index contributed by atoms with van der Waals surface area (Å²) >= 11 is 0. The number of carbonyl (C=O) groups is 1. The molecule has 1 aromatic rings. The molecule has 0 bridgehead atoms. The van der Waals surface area contributed by atoms with Crippen LogP contribution in [0.25, 0.3) is 0 Å². The molecule has 0 radical (unpaired) electrons. The van der Waals surface area contributed by atoms with E-state index in [-0.39, 0.29) is 5.91 Å². The van der Waals surface area contributed by atoms with Gasteiger partial charge in [0.25, 0.3) is 0 Å². The lowest BCUT2D eigenvalue weighted by molar-refractivity contribution is -0.121. The second kappa shape index (κ2) is 9.56. The SMILES string of the molecule is CCOC(CCNC(=O)CCc1ccccc1N)C1CCCC1. The lowest BCUT2D eigenvalue weighted by atomic mass is 9.98. The van der Waals surface area contributed by atoms with Crippen LogP contribution in [0.3, 0.4) is 0 Å². The topological polar surface area (TPSA) is 64.3 Å². The average Bonchev–Trinajstić information content (AvgIpc) is 3.07. The van der Waals surface area contributed by atoms with Crippen molar-refractivity contribution in [3.8, 4) is 0 Å². The fourth-order valence-electron chi connectivity index (χ4n) is 3.45. The summed E-state index contributed by atoms with van der Waals surface area (Å²) in [5.74, 6) is 0.769. The summed E-state index contributed by atoms with van der Waals surface area (Å²) in [6.07, 6.45) is 7.56. The van der Waals surface area contributed by atoms with E-state index in [0.717, 1.165) is 24.3 Å². The number of hydrogen-bond acceptors (Lipinski definition) is 3. The van der Waals surface area contributed by atoms with Gasteiger partial charge in [0, 0.05) is 25.3 Å². The monoisotopic (exact) mass is 318 g/mol. The minimum atomic E-state index is 0.0925. The van der Waals surface area contributed by atoms with Crippen LogP contribution >= 0.6 is 0 Å². The fourth-order valence-corrected chi connectivity index (χ4v) is 3.45. The Morgan fingerprint density at radius 2 is 2.09 bits per heavy atom. The Morgan fingerprint density at radius 1 is 1.35 bits per heavy atom. The third-order valence-electron chi connectivity index (χ3n) is 4.73. The quantitative estimate of drug-likeness (QED) is 0.687. The first-order valence-electron chi connectivity index (χ1n) is 8.92. The van der Waals surface area contributed by atoms with Crippen LogP contribution in [-0.4, -0.2) is 25.2 Å². The fraction of sp³-hybridized carbons (Fsp3) is 0.632. The molecule has 2 rings (SSSR count). The average molecular weight is 318 g/mol. The second-order valence-corrected chi connectivity index (χ2v) is 6.38. The summed E-state index contributed by atoms with van der Waals surface area (Å²) in [7, 11) is 0. The van der Waals surface area contributed by atoms with Gasteiger partial charge in [0.05, 0.1) is 6.10 Å². The molecule has 1 atom stereocenters. The summed E-state index contributed by atoms with van der Waals surface area (Å²) in [6.45, 7) is 3.50. The molecule has 3 N–H and O–H groups in total. The van der Waals surface area contributed by atoms with Crippen molar-refractivity contribution >= 4 is 11.6 Å². The van der Waals surface area contributed by atoms with Crippen LogP contribution in [-0.2, 0) is 16.0 Å². The second-order valence-electron chi connectivity index (χ2n) is 6.38. The van der Waals surface area contributed by atoms with Crippen molar-refractivity contribution < 1.29 is 9.53 Å². The van der Waals surface area contributed by atoms with Crippen LogP contribution in [0.5, 0.6) is 0 Å². The Bertz CT molecular complexity index is 484. The van der Waals surface area contributed by atoms with Gasteiger partial charge in [0.1, 0.15) is 0 Å². The number of carbonyl (C=O) groups excluding carboxylic acids is 1. The highest BCUT2D eigenvalue weighted by Gasteiger charge is 2.25. The third-order valence-corrected chi connectivity index (χ3v) is 4.73. The first kappa shape index (κ1) is 17.8. The third kappa shape index (κ3) is 5.87. The van der Waals surface area contributed by atoms with Gasteiger partial charge in [0.2, 0.25) is 5.91 Å². The predicted octanol–water partition coefficient (Wildman–Crippen LogP) is 3.30. The molecule has 23 heavy (non-hydrogen) atoms. The molecule has 4 nitrogen and oxygen atoms in total. The number of nitrogens with one attached hydrogen (secondary N) is 1. The summed E-state index contributed by atoms with van der Waals surface area (Å²) in [4.78, 5) is 12.0. The Kier molecular flexibility index (Phi) is 7.40. The summed E-state index contributed by atoms with van der Waals surface area (Å²) in [5, 5.41) is 3.02. The Balaban J connectivity index is 1.68. The van der Waals surface area contributed by atoms with E-state index < -0.39 is 0 Å². The lowest BCUT2D eigenvalue weighted by Crippen LogP contribution is -2.31. The molecule has 1 saturated carbocycles. The van der Waals surface area contributed by atoms with Crippen molar-refractivity contribution in [1.82, 2.24) is 5.32 Å². The van der Waals surface area contributed by atoms with E-state index >= 15 is 0 Å². The van der Waals surface area contributed by atoms with E-state index in [1.807, 2.05) is 31.2 Å². The maximum absolute atomic E-state index is 12.0. The number of nitrogen functional groups attached to an aromatic ring is 1. The van der Waals surface area contributed by atoms with Crippen molar-refractivity contribution in [2.45, 2.75) is 58.0 Å². The van der Waals surface area contributed by atoms with E-state index in [2.05, 4.69) is 5.32 Å². The molecular weight excluding hydrogens is 288 g/mol. The standard InChI is InChI=1S/C19H30N2O2/c1-2-23-18(16-8-3-4-9-16)13-14-21-19(22)12-11-15-7-5-6-10-17(15)20/h5-7,10,16,18H,2-4,8-9,11-14,20H2,1H3,(H,21,22). The van der Waals surface area contributed by atoms with Crippen molar-refractivity contribution in [3.05, 3.63) is 29.8 Å². The molecule has 0 heterocycles. The van der Waals surface area contributed by atoms with Crippen LogP contribution in [0.4, 0.5) is 5.69 Å². The zero-order valence-electron chi connectivity index (χ0n) is 14.2. The predicted molar refractivity (Wildman–Crippen MR) is 94.2 cm³/mol. The number of aryl methyl sites for hydroxylation is 1. The summed E-state index contributed by atoms with van der Waals surface area (Å²) < 4.78 is 5.88. The maximum Gasteiger partial charge on any atom is 0.220 e. The van der Waals surface area contributed by atoms with Gasteiger partial charge < -0.3 is 15.8 Å². The van der Waals surface area contributed by atoms with E-state index in [0.29, 0.717) is 31.4 Å². The molecular formula is C19H30N2O2. The first-order valence-corrected chi connectivity index (χ1v) is 8.92. The Hall–Kier alpha value is -1.55. The van der Waals surface area contributed by atoms with Gasteiger partial charge in [0.15, 0.2) is 0 Å². The van der Waals surface area contributed by atoms with Gasteiger partial charge in [-0.15, -0.1) is 0 Å². The highest BCUT2D eigenvalue weighted by Crippen LogP contribution is 2.30. The largest absolute Gasteiger partial charge is 0.399 e. The highest BCUT2D eigenvalue weighted by atomic mass is 16.5. The molecule has 0 saturated heterocycles. The molecule has 1 amide bonds. The van der Waals surface area contributed by atoms with Crippen molar-refractivity contribution in [1.29, 1.82) is 0 Å². The van der Waals surface area contributed by atoms with Crippen LogP contribution in [0.2, 0.25) is 0 Å². The van der Waals surface area contributed by atoms with Crippen molar-refractivity contribution in [2.75, 3.05) is 18.9 Å². The number of nitrogens with two attached hydrogens (primary N) is 1.